The highest BCUT2D eigenvalue weighted by Gasteiger charge is 2.28. The van der Waals surface area contributed by atoms with Crippen molar-refractivity contribution in [1.29, 1.82) is 0 Å². The molecule has 1 N–H and O–H groups in total. The summed E-state index contributed by atoms with van der Waals surface area (Å²) in [6, 6.07) is 3.39. The summed E-state index contributed by atoms with van der Waals surface area (Å²) in [5.41, 5.74) is 0.232. The Morgan fingerprint density at radius 2 is 2.32 bits per heavy atom. The number of fused-ring (bicyclic) bond motifs is 1. The van der Waals surface area contributed by atoms with E-state index < -0.39 is 18.1 Å². The Morgan fingerprint density at radius 1 is 1.50 bits per heavy atom. The topological polar surface area (TPSA) is 99.2 Å². The third-order valence-corrected chi connectivity index (χ3v) is 3.64. The molecule has 3 heterocycles. The van der Waals surface area contributed by atoms with Crippen LogP contribution in [0.25, 0.3) is 0 Å². The molecular weight excluding hydrogens is 312 g/mol. The summed E-state index contributed by atoms with van der Waals surface area (Å²) in [7, 11) is 0. The summed E-state index contributed by atoms with van der Waals surface area (Å²) >= 11 is 5.77. The molecule has 2 aromatic heterocycles. The van der Waals surface area contributed by atoms with Gasteiger partial charge in [-0.25, -0.2) is 18.8 Å². The van der Waals surface area contributed by atoms with Crippen LogP contribution in [0, 0.1) is 0 Å². The fourth-order valence-electron chi connectivity index (χ4n) is 2.47. The van der Waals surface area contributed by atoms with Gasteiger partial charge in [-0.05, 0) is 18.6 Å². The number of carbonyl (C=O) groups is 1. The minimum absolute atomic E-state index is 0.190. The molecule has 0 amide bonds. The molecule has 0 radical (unpaired) electrons. The molecule has 1 unspecified atom stereocenters. The second-order valence-electron chi connectivity index (χ2n) is 4.92. The summed E-state index contributed by atoms with van der Waals surface area (Å²) in [5, 5.41) is 13.5. The zero-order valence-corrected chi connectivity index (χ0v) is 12.2. The van der Waals surface area contributed by atoms with E-state index in [1.165, 1.54) is 15.4 Å². The largest absolute Gasteiger partial charge is 0.507 e. The molecule has 9 heteroatoms. The highest BCUT2D eigenvalue weighted by atomic mass is 35.5. The van der Waals surface area contributed by atoms with Crippen molar-refractivity contribution in [3.8, 4) is 0 Å². The van der Waals surface area contributed by atoms with Crippen LogP contribution in [-0.4, -0.2) is 30.6 Å². The van der Waals surface area contributed by atoms with Crippen LogP contribution in [0.5, 0.6) is 0 Å². The van der Waals surface area contributed by atoms with Crippen LogP contribution in [0.1, 0.15) is 30.6 Å². The predicted octanol–water partition coefficient (Wildman–Crippen LogP) is 1.67. The van der Waals surface area contributed by atoms with Gasteiger partial charge in [0.25, 0.3) is 0 Å². The maximum Gasteiger partial charge on any atom is 0.507 e. The second-order valence-corrected chi connectivity index (χ2v) is 5.36. The van der Waals surface area contributed by atoms with Gasteiger partial charge in [-0.2, -0.15) is 5.10 Å². The maximum absolute atomic E-state index is 12.4. The Kier molecular flexibility index (Phi) is 3.84. The number of pyridine rings is 1. The van der Waals surface area contributed by atoms with Gasteiger partial charge in [0.1, 0.15) is 5.82 Å². The van der Waals surface area contributed by atoms with Crippen molar-refractivity contribution in [2.75, 3.05) is 0 Å². The van der Waals surface area contributed by atoms with Crippen molar-refractivity contribution in [1.82, 2.24) is 19.3 Å². The van der Waals surface area contributed by atoms with Crippen LogP contribution in [0.2, 0.25) is 5.02 Å². The zero-order chi connectivity index (χ0) is 15.7. The van der Waals surface area contributed by atoms with E-state index >= 15 is 0 Å². The smallest absolute Gasteiger partial charge is 0.450 e. The summed E-state index contributed by atoms with van der Waals surface area (Å²) in [5.74, 6) is 0.525. The number of rotatable bonds is 3. The van der Waals surface area contributed by atoms with E-state index in [4.69, 9.17) is 21.4 Å². The van der Waals surface area contributed by atoms with Gasteiger partial charge >= 0.3 is 11.8 Å². The molecule has 1 aliphatic heterocycles. The molecule has 0 saturated heterocycles. The summed E-state index contributed by atoms with van der Waals surface area (Å²) in [6.45, 7) is 0.190. The molecule has 1 aliphatic rings. The van der Waals surface area contributed by atoms with E-state index in [0.717, 1.165) is 0 Å². The minimum atomic E-state index is -1.41. The molecule has 0 aliphatic carbocycles. The molecule has 22 heavy (non-hydrogen) atoms. The lowest BCUT2D eigenvalue weighted by Crippen LogP contribution is -2.33. The SMILES string of the molecule is O=C(O)OC1CCCc2nn(Cc3ccc(Cl)cn3)c(=O)n21. The summed E-state index contributed by atoms with van der Waals surface area (Å²) in [6.07, 6.45) is 1.05. The molecule has 0 bridgehead atoms. The van der Waals surface area contributed by atoms with E-state index in [-0.39, 0.29) is 6.54 Å². The van der Waals surface area contributed by atoms with Crippen LogP contribution >= 0.6 is 11.6 Å². The second kappa shape index (κ2) is 5.80. The monoisotopic (exact) mass is 324 g/mol. The van der Waals surface area contributed by atoms with Gasteiger partial charge in [-0.3, -0.25) is 4.98 Å². The fourth-order valence-corrected chi connectivity index (χ4v) is 2.58. The Labute approximate surface area is 129 Å². The Morgan fingerprint density at radius 3 is 3.00 bits per heavy atom. The van der Waals surface area contributed by atoms with Gasteiger partial charge in [-0.1, -0.05) is 11.6 Å². The van der Waals surface area contributed by atoms with Gasteiger partial charge in [0, 0.05) is 19.0 Å². The van der Waals surface area contributed by atoms with E-state index in [9.17, 15) is 9.59 Å². The normalized spacial score (nSPS) is 17.0. The van der Waals surface area contributed by atoms with Crippen LogP contribution in [0.3, 0.4) is 0 Å². The van der Waals surface area contributed by atoms with Crippen LogP contribution < -0.4 is 5.69 Å². The van der Waals surface area contributed by atoms with E-state index in [2.05, 4.69) is 10.1 Å². The Bertz CT molecular complexity index is 752. The van der Waals surface area contributed by atoms with E-state index in [1.807, 2.05) is 0 Å². The zero-order valence-electron chi connectivity index (χ0n) is 11.5. The molecule has 2 aromatic rings. The molecule has 8 nitrogen and oxygen atoms in total. The lowest BCUT2D eigenvalue weighted by Gasteiger charge is -2.21. The summed E-state index contributed by atoms with van der Waals surface area (Å²) < 4.78 is 7.33. The predicted molar refractivity (Wildman–Crippen MR) is 75.9 cm³/mol. The standard InChI is InChI=1S/C13H13ClN4O4/c14-8-4-5-9(15-6-8)7-17-12(19)18-10(16-17)2-1-3-11(18)22-13(20)21/h4-6,11H,1-3,7H2,(H,20,21). The lowest BCUT2D eigenvalue weighted by atomic mass is 10.1. The minimum Gasteiger partial charge on any atom is -0.450 e. The third-order valence-electron chi connectivity index (χ3n) is 3.42. The van der Waals surface area contributed by atoms with Crippen molar-refractivity contribution in [3.63, 3.8) is 0 Å². The third kappa shape index (κ3) is 2.82. The van der Waals surface area contributed by atoms with Crippen molar-refractivity contribution in [2.24, 2.45) is 0 Å². The molecule has 0 spiro atoms. The molecule has 1 atom stereocenters. The first-order valence-electron chi connectivity index (χ1n) is 6.73. The van der Waals surface area contributed by atoms with Gasteiger partial charge in [0.2, 0.25) is 0 Å². The molecule has 0 saturated carbocycles. The first-order valence-corrected chi connectivity index (χ1v) is 7.10. The van der Waals surface area contributed by atoms with Gasteiger partial charge in [-0.15, -0.1) is 0 Å². The molecular formula is C13H13ClN4O4. The Hall–Kier alpha value is -2.35. The Balaban J connectivity index is 1.91. The molecule has 3 rings (SSSR count). The van der Waals surface area contributed by atoms with Crippen molar-refractivity contribution in [3.05, 3.63) is 45.4 Å². The molecule has 0 aromatic carbocycles. The van der Waals surface area contributed by atoms with E-state index in [1.54, 1.807) is 12.1 Å². The highest BCUT2D eigenvalue weighted by molar-refractivity contribution is 6.30. The van der Waals surface area contributed by atoms with Crippen molar-refractivity contribution < 1.29 is 14.6 Å². The number of carboxylic acid groups (broad SMARTS) is 1. The number of hydrogen-bond donors (Lipinski definition) is 1. The number of nitrogens with zero attached hydrogens (tertiary/aromatic N) is 4. The average Bonchev–Trinajstić information content (AvgIpc) is 2.78. The highest BCUT2D eigenvalue weighted by Crippen LogP contribution is 2.23. The number of hydrogen-bond acceptors (Lipinski definition) is 5. The number of aryl methyl sites for hydroxylation is 1. The van der Waals surface area contributed by atoms with Gasteiger partial charge in [0.05, 0.1) is 17.3 Å². The number of aromatic nitrogens is 4. The number of halogens is 1. The van der Waals surface area contributed by atoms with Crippen molar-refractivity contribution >= 4 is 17.8 Å². The molecule has 116 valence electrons. The van der Waals surface area contributed by atoms with E-state index in [0.29, 0.717) is 35.8 Å². The maximum atomic E-state index is 12.4. The van der Waals surface area contributed by atoms with Crippen LogP contribution in [0.15, 0.2) is 23.1 Å². The number of ether oxygens (including phenoxy) is 1. The quantitative estimate of drug-likeness (QED) is 0.862. The van der Waals surface area contributed by atoms with Crippen molar-refractivity contribution in [2.45, 2.75) is 32.0 Å². The first kappa shape index (κ1) is 14.6. The molecule has 0 fully saturated rings. The fraction of sp³-hybridized carbons (Fsp3) is 0.385. The first-order chi connectivity index (χ1) is 10.5. The lowest BCUT2D eigenvalue weighted by molar-refractivity contribution is 0.00392. The van der Waals surface area contributed by atoms with Gasteiger partial charge < -0.3 is 9.84 Å². The van der Waals surface area contributed by atoms with Crippen LogP contribution in [-0.2, 0) is 17.7 Å². The summed E-state index contributed by atoms with van der Waals surface area (Å²) in [4.78, 5) is 27.3. The average molecular weight is 325 g/mol. The van der Waals surface area contributed by atoms with Crippen LogP contribution in [0.4, 0.5) is 4.79 Å². The van der Waals surface area contributed by atoms with Gasteiger partial charge in [0.15, 0.2) is 6.23 Å².